The van der Waals surface area contributed by atoms with Gasteiger partial charge in [-0.3, -0.25) is 9.78 Å². The van der Waals surface area contributed by atoms with Crippen LogP contribution in [0, 0.1) is 5.92 Å². The van der Waals surface area contributed by atoms with Gasteiger partial charge in [0, 0.05) is 37.6 Å². The molecule has 3 rings (SSSR count). The van der Waals surface area contributed by atoms with Crippen LogP contribution in [0.15, 0.2) is 36.8 Å². The highest BCUT2D eigenvalue weighted by Crippen LogP contribution is 2.28. The molecule has 0 aliphatic carbocycles. The maximum Gasteiger partial charge on any atom is 0.251 e. The van der Waals surface area contributed by atoms with Gasteiger partial charge in [-0.05, 0) is 50.8 Å². The minimum atomic E-state index is -0.0830. The van der Waals surface area contributed by atoms with Crippen molar-refractivity contribution in [1.82, 2.24) is 15.3 Å². The molecule has 7 nitrogen and oxygen atoms in total. The molecule has 1 saturated heterocycles. The summed E-state index contributed by atoms with van der Waals surface area (Å²) < 4.78 is 11.2. The summed E-state index contributed by atoms with van der Waals surface area (Å²) in [5, 5.41) is 3.06. The van der Waals surface area contributed by atoms with Crippen molar-refractivity contribution < 1.29 is 14.3 Å². The number of nitrogens with zero attached hydrogens (tertiary/aromatic N) is 3. The number of hydrogen-bond acceptors (Lipinski definition) is 6. The summed E-state index contributed by atoms with van der Waals surface area (Å²) in [7, 11) is 0. The van der Waals surface area contributed by atoms with Crippen molar-refractivity contribution in [3.63, 3.8) is 0 Å². The van der Waals surface area contributed by atoms with E-state index in [2.05, 4.69) is 20.2 Å². The van der Waals surface area contributed by atoms with E-state index in [4.69, 9.17) is 9.47 Å². The minimum Gasteiger partial charge on any atom is -0.490 e. The fourth-order valence-electron chi connectivity index (χ4n) is 3.35. The molecule has 2 heterocycles. The van der Waals surface area contributed by atoms with Crippen molar-refractivity contribution in [1.29, 1.82) is 0 Å². The summed E-state index contributed by atoms with van der Waals surface area (Å²) in [5.74, 6) is 2.57. The van der Waals surface area contributed by atoms with Crippen molar-refractivity contribution in [2.45, 2.75) is 26.7 Å². The van der Waals surface area contributed by atoms with E-state index in [0.717, 1.165) is 31.7 Å². The number of carbonyl (C=O) groups excluding carboxylic acids is 1. The maximum absolute atomic E-state index is 12.6. The van der Waals surface area contributed by atoms with Crippen LogP contribution in [0.2, 0.25) is 0 Å². The van der Waals surface area contributed by atoms with Crippen LogP contribution in [0.3, 0.4) is 0 Å². The van der Waals surface area contributed by atoms with E-state index in [-0.39, 0.29) is 5.91 Å². The van der Waals surface area contributed by atoms with Crippen LogP contribution >= 0.6 is 0 Å². The molecule has 0 unspecified atom stereocenters. The Hall–Kier alpha value is -2.83. The smallest absolute Gasteiger partial charge is 0.251 e. The molecular weight excluding hydrogens is 356 g/mol. The van der Waals surface area contributed by atoms with Crippen LogP contribution in [-0.2, 0) is 0 Å². The van der Waals surface area contributed by atoms with Gasteiger partial charge in [0.15, 0.2) is 11.5 Å². The molecule has 0 spiro atoms. The summed E-state index contributed by atoms with van der Waals surface area (Å²) in [6, 6.07) is 5.32. The molecule has 1 aromatic heterocycles. The number of carbonyl (C=O) groups is 1. The second-order valence-corrected chi connectivity index (χ2v) is 6.73. The summed E-state index contributed by atoms with van der Waals surface area (Å²) in [4.78, 5) is 23.3. The molecule has 0 radical (unpaired) electrons. The number of ether oxygens (including phenoxy) is 2. The number of nitrogens with one attached hydrogen (secondary N) is 1. The van der Waals surface area contributed by atoms with Crippen molar-refractivity contribution in [2.24, 2.45) is 5.92 Å². The topological polar surface area (TPSA) is 76.6 Å². The van der Waals surface area contributed by atoms with Crippen molar-refractivity contribution in [2.75, 3.05) is 37.7 Å². The Bertz CT molecular complexity index is 762. The molecule has 1 amide bonds. The molecule has 1 aliphatic rings. The third kappa shape index (κ3) is 5.12. The average molecular weight is 384 g/mol. The number of hydrogen-bond donors (Lipinski definition) is 1. The lowest BCUT2D eigenvalue weighted by molar-refractivity contribution is 0.0944. The van der Waals surface area contributed by atoms with Crippen LogP contribution in [0.4, 0.5) is 5.82 Å². The molecule has 7 heteroatoms. The lowest BCUT2D eigenvalue weighted by atomic mass is 9.96. The molecule has 28 heavy (non-hydrogen) atoms. The Balaban J connectivity index is 1.51. The molecule has 0 saturated carbocycles. The standard InChI is InChI=1S/C21H28N4O3/c1-3-27-18-6-5-17(13-19(18)28-4-2)21(26)24-14-16-7-11-25(12-8-16)20-15-22-9-10-23-20/h5-6,9-10,13,15-16H,3-4,7-8,11-12,14H2,1-2H3,(H,24,26). The van der Waals surface area contributed by atoms with Crippen molar-refractivity contribution in [3.05, 3.63) is 42.4 Å². The van der Waals surface area contributed by atoms with Crippen molar-refractivity contribution >= 4 is 11.7 Å². The van der Waals surface area contributed by atoms with Gasteiger partial charge in [-0.2, -0.15) is 0 Å². The Kier molecular flexibility index (Phi) is 7.06. The number of benzene rings is 1. The zero-order chi connectivity index (χ0) is 19.8. The number of anilines is 1. The van der Waals surface area contributed by atoms with E-state index < -0.39 is 0 Å². The monoisotopic (exact) mass is 384 g/mol. The van der Waals surface area contributed by atoms with Gasteiger partial charge in [-0.1, -0.05) is 0 Å². The molecule has 0 bridgehead atoms. The predicted molar refractivity (Wildman–Crippen MR) is 108 cm³/mol. The molecule has 1 aliphatic heterocycles. The molecule has 150 valence electrons. The summed E-state index contributed by atoms with van der Waals surface area (Å²) in [5.41, 5.74) is 0.587. The van der Waals surface area contributed by atoms with Gasteiger partial charge in [0.25, 0.3) is 5.91 Å². The first-order chi connectivity index (χ1) is 13.7. The number of rotatable bonds is 8. The fourth-order valence-corrected chi connectivity index (χ4v) is 3.35. The quantitative estimate of drug-likeness (QED) is 0.754. The lowest BCUT2D eigenvalue weighted by Crippen LogP contribution is -2.39. The normalized spacial score (nSPS) is 14.6. The van der Waals surface area contributed by atoms with Gasteiger partial charge in [0.2, 0.25) is 0 Å². The second kappa shape index (κ2) is 9.92. The van der Waals surface area contributed by atoms with E-state index in [9.17, 15) is 4.79 Å². The van der Waals surface area contributed by atoms with Crippen molar-refractivity contribution in [3.8, 4) is 11.5 Å². The molecule has 2 aromatic rings. The predicted octanol–water partition coefficient (Wildman–Crippen LogP) is 2.92. The summed E-state index contributed by atoms with van der Waals surface area (Å²) in [6.45, 7) is 7.44. The van der Waals surface area contributed by atoms with E-state index in [1.807, 2.05) is 13.8 Å². The highest BCUT2D eigenvalue weighted by molar-refractivity contribution is 5.94. The molecule has 1 fully saturated rings. The van der Waals surface area contributed by atoms with Gasteiger partial charge < -0.3 is 19.7 Å². The lowest BCUT2D eigenvalue weighted by Gasteiger charge is -2.32. The van der Waals surface area contributed by atoms with E-state index in [1.165, 1.54) is 0 Å². The highest BCUT2D eigenvalue weighted by Gasteiger charge is 2.21. The number of aromatic nitrogens is 2. The Morgan fingerprint density at radius 3 is 2.57 bits per heavy atom. The zero-order valence-electron chi connectivity index (χ0n) is 16.6. The van der Waals surface area contributed by atoms with Gasteiger partial charge in [0.05, 0.1) is 19.4 Å². The second-order valence-electron chi connectivity index (χ2n) is 6.73. The third-order valence-electron chi connectivity index (χ3n) is 4.84. The molecular formula is C21H28N4O3. The Labute approximate surface area is 166 Å². The largest absolute Gasteiger partial charge is 0.490 e. The van der Waals surface area contributed by atoms with Gasteiger partial charge in [-0.25, -0.2) is 4.98 Å². The number of amides is 1. The SMILES string of the molecule is CCOc1ccc(C(=O)NCC2CCN(c3cnccn3)CC2)cc1OCC. The van der Waals surface area contributed by atoms with Crippen LogP contribution in [0.1, 0.15) is 37.0 Å². The fraction of sp³-hybridized carbons (Fsp3) is 0.476. The average Bonchev–Trinajstić information content (AvgIpc) is 2.74. The van der Waals surface area contributed by atoms with Gasteiger partial charge in [0.1, 0.15) is 5.82 Å². The van der Waals surface area contributed by atoms with Gasteiger partial charge >= 0.3 is 0 Å². The third-order valence-corrected chi connectivity index (χ3v) is 4.84. The number of piperidine rings is 1. The van der Waals surface area contributed by atoms with E-state index in [0.29, 0.717) is 42.7 Å². The maximum atomic E-state index is 12.6. The Morgan fingerprint density at radius 2 is 1.89 bits per heavy atom. The van der Waals surface area contributed by atoms with E-state index >= 15 is 0 Å². The summed E-state index contributed by atoms with van der Waals surface area (Å²) in [6.07, 6.45) is 7.23. The highest BCUT2D eigenvalue weighted by atomic mass is 16.5. The minimum absolute atomic E-state index is 0.0830. The molecule has 1 aromatic carbocycles. The first-order valence-electron chi connectivity index (χ1n) is 9.90. The van der Waals surface area contributed by atoms with Gasteiger partial charge in [-0.15, -0.1) is 0 Å². The van der Waals surface area contributed by atoms with Crippen LogP contribution < -0.4 is 19.7 Å². The van der Waals surface area contributed by atoms with E-state index in [1.54, 1.807) is 36.8 Å². The van der Waals surface area contributed by atoms with Crippen LogP contribution in [0.25, 0.3) is 0 Å². The zero-order valence-corrected chi connectivity index (χ0v) is 16.6. The first kappa shape index (κ1) is 19.9. The Morgan fingerprint density at radius 1 is 1.14 bits per heavy atom. The molecule has 0 atom stereocenters. The van der Waals surface area contributed by atoms with Crippen LogP contribution in [0.5, 0.6) is 11.5 Å². The molecule has 1 N–H and O–H groups in total. The summed E-state index contributed by atoms with van der Waals surface area (Å²) >= 11 is 0. The van der Waals surface area contributed by atoms with Crippen LogP contribution in [-0.4, -0.2) is 48.7 Å². The first-order valence-corrected chi connectivity index (χ1v) is 9.90.